The molecular formula is C28H34NO6P. The highest BCUT2D eigenvalue weighted by Gasteiger charge is 2.37. The van der Waals surface area contributed by atoms with Crippen LogP contribution in [0.4, 0.5) is 0 Å². The van der Waals surface area contributed by atoms with Gasteiger partial charge in [0.2, 0.25) is 8.53 Å². The Hall–Kier alpha value is -2.96. The van der Waals surface area contributed by atoms with Crippen molar-refractivity contribution in [3.8, 4) is 11.5 Å². The number of ether oxygens (including phenoxy) is 3. The lowest BCUT2D eigenvalue weighted by atomic mass is 9.66. The largest absolute Gasteiger partial charge is 0.497 e. The van der Waals surface area contributed by atoms with Gasteiger partial charge in [0.15, 0.2) is 0 Å². The third kappa shape index (κ3) is 6.83. The van der Waals surface area contributed by atoms with E-state index in [1.54, 1.807) is 21.1 Å². The summed E-state index contributed by atoms with van der Waals surface area (Å²) in [5.74, 6) is 1.12. The molecule has 0 spiro atoms. The molecule has 36 heavy (non-hydrogen) atoms. The van der Waals surface area contributed by atoms with E-state index in [1.807, 2.05) is 42.5 Å². The van der Waals surface area contributed by atoms with Crippen LogP contribution in [-0.2, 0) is 19.5 Å². The van der Waals surface area contributed by atoms with E-state index < -0.39 is 26.0 Å². The molecule has 0 saturated heterocycles. The zero-order chi connectivity index (χ0) is 26.0. The molecule has 8 heteroatoms. The summed E-state index contributed by atoms with van der Waals surface area (Å²) >= 11 is 0. The van der Waals surface area contributed by atoms with E-state index in [0.29, 0.717) is 12.8 Å². The average Bonchev–Trinajstić information content (AvgIpc) is 2.90. The molecule has 0 bridgehead atoms. The molecule has 7 nitrogen and oxygen atoms in total. The first-order valence-corrected chi connectivity index (χ1v) is 13.1. The van der Waals surface area contributed by atoms with E-state index in [0.717, 1.165) is 28.2 Å². The molecule has 0 heterocycles. The van der Waals surface area contributed by atoms with Gasteiger partial charge < -0.3 is 23.6 Å². The number of carbonyl (C=O) groups excluding carboxylic acids is 1. The standard InChI is InChI=1S/C28H34NO6P/c1-4-34-27(30)20-26(35-36(29)31)18-19-28(21-8-6-5-7-9-21,22-10-14-24(32-2)15-11-22)23-12-16-25(33-3)17-13-23/h5-17,26,31H,4,18-20,29H2,1-3H3. The molecular weight excluding hydrogens is 477 g/mol. The monoisotopic (exact) mass is 511 g/mol. The second-order valence-corrected chi connectivity index (χ2v) is 9.12. The molecule has 0 aromatic heterocycles. The first-order valence-electron chi connectivity index (χ1n) is 11.8. The van der Waals surface area contributed by atoms with E-state index >= 15 is 0 Å². The van der Waals surface area contributed by atoms with Crippen LogP contribution in [0.1, 0.15) is 42.9 Å². The van der Waals surface area contributed by atoms with Gasteiger partial charge in [0.25, 0.3) is 0 Å². The van der Waals surface area contributed by atoms with Crippen LogP contribution in [0, 0.1) is 0 Å². The van der Waals surface area contributed by atoms with Crippen molar-refractivity contribution in [2.24, 2.45) is 5.50 Å². The molecule has 0 saturated carbocycles. The van der Waals surface area contributed by atoms with Crippen molar-refractivity contribution in [1.82, 2.24) is 0 Å². The molecule has 2 atom stereocenters. The Kier molecular flexibility index (Phi) is 10.3. The van der Waals surface area contributed by atoms with Crippen LogP contribution in [0.15, 0.2) is 78.9 Å². The number of methoxy groups -OCH3 is 2. The van der Waals surface area contributed by atoms with E-state index in [1.165, 1.54) is 0 Å². The lowest BCUT2D eigenvalue weighted by Crippen LogP contribution is -2.32. The second kappa shape index (κ2) is 13.4. The topological polar surface area (TPSA) is 100 Å². The summed E-state index contributed by atoms with van der Waals surface area (Å²) in [6.45, 7) is 2.02. The van der Waals surface area contributed by atoms with Crippen molar-refractivity contribution < 1.29 is 28.4 Å². The number of esters is 1. The van der Waals surface area contributed by atoms with E-state index in [-0.39, 0.29) is 13.0 Å². The fraction of sp³-hybridized carbons (Fsp3) is 0.321. The van der Waals surface area contributed by atoms with Crippen LogP contribution >= 0.6 is 8.53 Å². The quantitative estimate of drug-likeness (QED) is 0.182. The minimum Gasteiger partial charge on any atom is -0.497 e. The predicted molar refractivity (Wildman–Crippen MR) is 141 cm³/mol. The van der Waals surface area contributed by atoms with Gasteiger partial charge in [-0.05, 0) is 60.7 Å². The van der Waals surface area contributed by atoms with E-state index in [4.69, 9.17) is 24.2 Å². The summed E-state index contributed by atoms with van der Waals surface area (Å²) in [5, 5.41) is 0. The molecule has 3 rings (SSSR count). The number of nitrogens with two attached hydrogens (primary N) is 1. The molecule has 0 aliphatic rings. The third-order valence-corrected chi connectivity index (χ3v) is 6.74. The molecule has 3 aromatic carbocycles. The Morgan fingerprint density at radius 2 is 1.39 bits per heavy atom. The molecule has 0 fully saturated rings. The van der Waals surface area contributed by atoms with Gasteiger partial charge in [-0.15, -0.1) is 0 Å². The van der Waals surface area contributed by atoms with Crippen molar-refractivity contribution in [2.75, 3.05) is 20.8 Å². The molecule has 0 aliphatic heterocycles. The predicted octanol–water partition coefficient (Wildman–Crippen LogP) is 5.33. The maximum Gasteiger partial charge on any atom is 0.308 e. The van der Waals surface area contributed by atoms with E-state index in [2.05, 4.69) is 36.4 Å². The van der Waals surface area contributed by atoms with Crippen molar-refractivity contribution in [1.29, 1.82) is 0 Å². The smallest absolute Gasteiger partial charge is 0.308 e. The zero-order valence-electron chi connectivity index (χ0n) is 20.9. The Morgan fingerprint density at radius 1 is 0.889 bits per heavy atom. The summed E-state index contributed by atoms with van der Waals surface area (Å²) in [5.41, 5.74) is 8.18. The van der Waals surface area contributed by atoms with Crippen LogP contribution in [0.5, 0.6) is 11.5 Å². The van der Waals surface area contributed by atoms with Gasteiger partial charge in [0.1, 0.15) is 11.5 Å². The number of carbonyl (C=O) groups is 1. The molecule has 192 valence electrons. The third-order valence-electron chi connectivity index (χ3n) is 6.23. The maximum atomic E-state index is 12.3. The molecule has 0 amide bonds. The average molecular weight is 512 g/mol. The minimum absolute atomic E-state index is 0.000524. The first-order chi connectivity index (χ1) is 17.4. The maximum absolute atomic E-state index is 12.3. The van der Waals surface area contributed by atoms with Crippen molar-refractivity contribution in [3.05, 3.63) is 95.6 Å². The molecule has 0 aliphatic carbocycles. The summed E-state index contributed by atoms with van der Waals surface area (Å²) < 4.78 is 21.5. The van der Waals surface area contributed by atoms with Gasteiger partial charge in [0, 0.05) is 5.41 Å². The van der Waals surface area contributed by atoms with Gasteiger partial charge in [-0.1, -0.05) is 54.6 Å². The van der Waals surface area contributed by atoms with Gasteiger partial charge >= 0.3 is 5.97 Å². The highest BCUT2D eigenvalue weighted by Crippen LogP contribution is 2.45. The Balaban J connectivity index is 2.12. The second-order valence-electron chi connectivity index (χ2n) is 8.31. The molecule has 2 unspecified atom stereocenters. The zero-order valence-corrected chi connectivity index (χ0v) is 21.8. The van der Waals surface area contributed by atoms with Crippen molar-refractivity contribution in [3.63, 3.8) is 0 Å². The van der Waals surface area contributed by atoms with Crippen LogP contribution in [0.25, 0.3) is 0 Å². The Morgan fingerprint density at radius 3 is 1.83 bits per heavy atom. The SMILES string of the molecule is CCOC(=O)CC(CCC(c1ccccc1)(c1ccc(OC)cc1)c1ccc(OC)cc1)OP(N)O. The number of benzene rings is 3. The fourth-order valence-electron chi connectivity index (χ4n) is 4.53. The number of hydrogen-bond donors (Lipinski definition) is 2. The highest BCUT2D eigenvalue weighted by molar-refractivity contribution is 7.43. The van der Waals surface area contributed by atoms with Gasteiger partial charge in [-0.2, -0.15) is 0 Å². The fourth-order valence-corrected chi connectivity index (χ4v) is 5.02. The first kappa shape index (κ1) is 27.6. The summed E-state index contributed by atoms with van der Waals surface area (Å²) in [6, 6.07) is 26.2. The van der Waals surface area contributed by atoms with Crippen molar-refractivity contribution >= 4 is 14.5 Å². The summed E-state index contributed by atoms with van der Waals surface area (Å²) in [7, 11) is 1.13. The van der Waals surface area contributed by atoms with Crippen LogP contribution in [0.3, 0.4) is 0 Å². The normalized spacial score (nSPS) is 13.0. The number of hydrogen-bond acceptors (Lipinski definition) is 7. The molecule has 3 aromatic rings. The lowest BCUT2D eigenvalue weighted by molar-refractivity contribution is -0.145. The van der Waals surface area contributed by atoms with E-state index in [9.17, 15) is 9.69 Å². The highest BCUT2D eigenvalue weighted by atomic mass is 31.2. The van der Waals surface area contributed by atoms with Crippen LogP contribution < -0.4 is 15.0 Å². The van der Waals surface area contributed by atoms with Gasteiger partial charge in [-0.3, -0.25) is 10.3 Å². The lowest BCUT2D eigenvalue weighted by Gasteiger charge is -2.37. The van der Waals surface area contributed by atoms with Crippen LogP contribution in [0.2, 0.25) is 0 Å². The Bertz CT molecular complexity index is 1030. The van der Waals surface area contributed by atoms with Gasteiger partial charge in [-0.25, -0.2) is 0 Å². The summed E-state index contributed by atoms with van der Waals surface area (Å²) in [6.07, 6.45) is 0.413. The number of rotatable bonds is 13. The Labute approximate surface area is 214 Å². The van der Waals surface area contributed by atoms with Gasteiger partial charge in [0.05, 0.1) is 33.4 Å². The minimum atomic E-state index is -2.14. The summed E-state index contributed by atoms with van der Waals surface area (Å²) in [4.78, 5) is 22.1. The van der Waals surface area contributed by atoms with Crippen LogP contribution in [-0.4, -0.2) is 37.8 Å². The molecule has 3 N–H and O–H groups in total. The molecule has 0 radical (unpaired) electrons. The van der Waals surface area contributed by atoms with Crippen molar-refractivity contribution in [2.45, 2.75) is 37.7 Å².